The molecule has 5 nitrogen and oxygen atoms in total. The summed E-state index contributed by atoms with van der Waals surface area (Å²) in [7, 11) is -3.56. The summed E-state index contributed by atoms with van der Waals surface area (Å²) < 4.78 is 26.8. The number of carbonyl (C=O) groups excluding carboxylic acids is 1. The largest absolute Gasteiger partial charge is 0.339 e. The molecule has 2 aromatic rings. The second-order valence-corrected chi connectivity index (χ2v) is 8.72. The molecule has 1 amide bonds. The molecule has 6 heteroatoms. The van der Waals surface area contributed by atoms with E-state index in [-0.39, 0.29) is 10.8 Å². The Labute approximate surface area is 161 Å². The summed E-state index contributed by atoms with van der Waals surface area (Å²) >= 11 is 0. The summed E-state index contributed by atoms with van der Waals surface area (Å²) in [6.45, 7) is 3.46. The number of piperidine rings is 1. The molecule has 0 bridgehead atoms. The number of hydrogen-bond acceptors (Lipinski definition) is 3. The highest BCUT2D eigenvalue weighted by atomic mass is 32.2. The van der Waals surface area contributed by atoms with E-state index < -0.39 is 10.0 Å². The van der Waals surface area contributed by atoms with Crippen molar-refractivity contribution in [3.8, 4) is 0 Å². The molecule has 144 valence electrons. The predicted molar refractivity (Wildman–Crippen MR) is 106 cm³/mol. The Balaban J connectivity index is 1.62. The van der Waals surface area contributed by atoms with Gasteiger partial charge in [-0.15, -0.1) is 0 Å². The Hall–Kier alpha value is -2.18. The molecular formula is C21H26N2O3S. The van der Waals surface area contributed by atoms with Gasteiger partial charge in [-0.3, -0.25) is 4.79 Å². The molecule has 0 unspecified atom stereocenters. The van der Waals surface area contributed by atoms with Gasteiger partial charge in [-0.05, 0) is 48.9 Å². The van der Waals surface area contributed by atoms with E-state index in [9.17, 15) is 13.2 Å². The number of likely N-dealkylation sites (tertiary alicyclic amines) is 1. The number of sulfonamides is 1. The van der Waals surface area contributed by atoms with Crippen LogP contribution in [0.3, 0.4) is 0 Å². The molecular weight excluding hydrogens is 360 g/mol. The van der Waals surface area contributed by atoms with Gasteiger partial charge in [0.05, 0.1) is 4.90 Å². The van der Waals surface area contributed by atoms with E-state index in [1.54, 1.807) is 19.1 Å². The van der Waals surface area contributed by atoms with Gasteiger partial charge in [0.1, 0.15) is 0 Å². The molecule has 0 atom stereocenters. The van der Waals surface area contributed by atoms with Crippen LogP contribution in [-0.4, -0.2) is 38.9 Å². The molecule has 0 saturated carbocycles. The van der Waals surface area contributed by atoms with E-state index in [0.29, 0.717) is 31.1 Å². The Morgan fingerprint density at radius 3 is 2.44 bits per heavy atom. The maximum Gasteiger partial charge on any atom is 0.253 e. The first-order valence-corrected chi connectivity index (χ1v) is 10.9. The van der Waals surface area contributed by atoms with E-state index >= 15 is 0 Å². The van der Waals surface area contributed by atoms with Crippen LogP contribution in [0, 0.1) is 5.92 Å². The number of nitrogens with zero attached hydrogens (tertiary/aromatic N) is 1. The molecule has 1 aliphatic heterocycles. The fraction of sp³-hybridized carbons (Fsp3) is 0.381. The van der Waals surface area contributed by atoms with Crippen molar-refractivity contribution in [1.82, 2.24) is 9.62 Å². The summed E-state index contributed by atoms with van der Waals surface area (Å²) in [5.41, 5.74) is 1.76. The third-order valence-electron chi connectivity index (χ3n) is 4.99. The van der Waals surface area contributed by atoms with E-state index in [0.717, 1.165) is 19.3 Å². The van der Waals surface area contributed by atoms with Crippen molar-refractivity contribution in [3.05, 3.63) is 65.7 Å². The van der Waals surface area contributed by atoms with Gasteiger partial charge in [-0.2, -0.15) is 0 Å². The molecule has 1 heterocycles. The lowest BCUT2D eigenvalue weighted by molar-refractivity contribution is 0.0690. The zero-order valence-electron chi connectivity index (χ0n) is 15.6. The second-order valence-electron chi connectivity index (χ2n) is 6.95. The Kier molecular flexibility index (Phi) is 6.29. The van der Waals surface area contributed by atoms with E-state index in [2.05, 4.69) is 29.0 Å². The quantitative estimate of drug-likeness (QED) is 0.830. The molecule has 27 heavy (non-hydrogen) atoms. The number of carbonyl (C=O) groups is 1. The molecule has 1 saturated heterocycles. The normalized spacial score (nSPS) is 15.7. The smallest absolute Gasteiger partial charge is 0.253 e. The lowest BCUT2D eigenvalue weighted by atomic mass is 9.90. The average molecular weight is 387 g/mol. The molecule has 2 aromatic carbocycles. The van der Waals surface area contributed by atoms with Crippen molar-refractivity contribution < 1.29 is 13.2 Å². The van der Waals surface area contributed by atoms with Crippen molar-refractivity contribution in [2.24, 2.45) is 5.92 Å². The van der Waals surface area contributed by atoms with Crippen molar-refractivity contribution in [3.63, 3.8) is 0 Å². The lowest BCUT2D eigenvalue weighted by Gasteiger charge is -2.32. The van der Waals surface area contributed by atoms with Gasteiger partial charge in [0.2, 0.25) is 10.0 Å². The van der Waals surface area contributed by atoms with Crippen LogP contribution >= 0.6 is 0 Å². The first kappa shape index (κ1) is 19.6. The zero-order chi connectivity index (χ0) is 19.3. The summed E-state index contributed by atoms with van der Waals surface area (Å²) in [6.07, 6.45) is 2.98. The molecule has 1 aliphatic rings. The van der Waals surface area contributed by atoms with Crippen LogP contribution in [0.25, 0.3) is 0 Å². The Morgan fingerprint density at radius 1 is 1.07 bits per heavy atom. The Morgan fingerprint density at radius 2 is 1.78 bits per heavy atom. The molecule has 1 fully saturated rings. The zero-order valence-corrected chi connectivity index (χ0v) is 16.4. The van der Waals surface area contributed by atoms with Gasteiger partial charge in [-0.25, -0.2) is 13.1 Å². The number of amides is 1. The fourth-order valence-electron chi connectivity index (χ4n) is 3.54. The molecule has 0 aromatic heterocycles. The Bertz CT molecular complexity index is 873. The van der Waals surface area contributed by atoms with Gasteiger partial charge in [0, 0.05) is 25.2 Å². The fourth-order valence-corrected chi connectivity index (χ4v) is 4.63. The summed E-state index contributed by atoms with van der Waals surface area (Å²) in [6, 6.07) is 16.7. The number of nitrogens with one attached hydrogen (secondary N) is 1. The van der Waals surface area contributed by atoms with Crippen molar-refractivity contribution >= 4 is 15.9 Å². The van der Waals surface area contributed by atoms with Crippen LogP contribution in [0.4, 0.5) is 0 Å². The van der Waals surface area contributed by atoms with E-state index in [1.165, 1.54) is 17.7 Å². The van der Waals surface area contributed by atoms with Crippen LogP contribution in [0.1, 0.15) is 35.7 Å². The monoisotopic (exact) mass is 386 g/mol. The van der Waals surface area contributed by atoms with Crippen LogP contribution in [0.15, 0.2) is 59.5 Å². The van der Waals surface area contributed by atoms with Crippen LogP contribution in [-0.2, 0) is 16.4 Å². The molecule has 1 N–H and O–H groups in total. The standard InChI is InChI=1S/C21H26N2O3S/c1-2-22-27(25,26)20-10-6-9-19(16-20)21(24)23-13-11-18(12-14-23)15-17-7-4-3-5-8-17/h3-10,16,18,22H,2,11-15H2,1H3. The minimum Gasteiger partial charge on any atom is -0.339 e. The summed E-state index contributed by atoms with van der Waals surface area (Å²) in [5, 5.41) is 0. The van der Waals surface area contributed by atoms with E-state index in [1.807, 2.05) is 11.0 Å². The maximum absolute atomic E-state index is 12.8. The lowest BCUT2D eigenvalue weighted by Crippen LogP contribution is -2.39. The highest BCUT2D eigenvalue weighted by molar-refractivity contribution is 7.89. The van der Waals surface area contributed by atoms with Crippen molar-refractivity contribution in [1.29, 1.82) is 0 Å². The third-order valence-corrected chi connectivity index (χ3v) is 6.54. The number of benzene rings is 2. The van der Waals surface area contributed by atoms with Gasteiger partial charge in [0.25, 0.3) is 5.91 Å². The minimum atomic E-state index is -3.56. The highest BCUT2D eigenvalue weighted by Crippen LogP contribution is 2.23. The van der Waals surface area contributed by atoms with Crippen LogP contribution in [0.2, 0.25) is 0 Å². The summed E-state index contributed by atoms with van der Waals surface area (Å²) in [4.78, 5) is 14.8. The minimum absolute atomic E-state index is 0.0956. The maximum atomic E-state index is 12.8. The van der Waals surface area contributed by atoms with Crippen LogP contribution in [0.5, 0.6) is 0 Å². The molecule has 0 aliphatic carbocycles. The average Bonchev–Trinajstić information content (AvgIpc) is 2.69. The third kappa shape index (κ3) is 4.96. The van der Waals surface area contributed by atoms with Crippen LogP contribution < -0.4 is 4.72 Å². The topological polar surface area (TPSA) is 66.5 Å². The van der Waals surface area contributed by atoms with Gasteiger partial charge < -0.3 is 4.90 Å². The van der Waals surface area contributed by atoms with Crippen molar-refractivity contribution in [2.75, 3.05) is 19.6 Å². The molecule has 0 radical (unpaired) electrons. The van der Waals surface area contributed by atoms with Gasteiger partial charge >= 0.3 is 0 Å². The number of hydrogen-bond donors (Lipinski definition) is 1. The van der Waals surface area contributed by atoms with Gasteiger partial charge in [-0.1, -0.05) is 43.3 Å². The molecule has 0 spiro atoms. The second kappa shape index (κ2) is 8.67. The van der Waals surface area contributed by atoms with E-state index in [4.69, 9.17) is 0 Å². The SMILES string of the molecule is CCNS(=O)(=O)c1cccc(C(=O)N2CCC(Cc3ccccc3)CC2)c1. The van der Waals surface area contributed by atoms with Crippen molar-refractivity contribution in [2.45, 2.75) is 31.1 Å². The van der Waals surface area contributed by atoms with Gasteiger partial charge in [0.15, 0.2) is 0 Å². The first-order valence-electron chi connectivity index (χ1n) is 9.42. The number of rotatable bonds is 6. The summed E-state index contributed by atoms with van der Waals surface area (Å²) in [5.74, 6) is 0.485. The molecule has 3 rings (SSSR count). The first-order chi connectivity index (χ1) is 13.0. The predicted octanol–water partition coefficient (Wildman–Crippen LogP) is 3.08. The highest BCUT2D eigenvalue weighted by Gasteiger charge is 2.24.